The van der Waals surface area contributed by atoms with Crippen LogP contribution >= 0.6 is 11.6 Å². The highest BCUT2D eigenvalue weighted by Gasteiger charge is 2.16. The van der Waals surface area contributed by atoms with Crippen molar-refractivity contribution in [2.45, 2.75) is 0 Å². The molecule has 0 fully saturated rings. The molecular formula is C18H13ClN4O2. The number of methoxy groups -OCH3 is 1. The molecule has 0 aliphatic heterocycles. The molecule has 4 rings (SSSR count). The van der Waals surface area contributed by atoms with E-state index in [2.05, 4.69) is 20.3 Å². The molecule has 1 aromatic carbocycles. The lowest BCUT2D eigenvalue weighted by Crippen LogP contribution is -2.11. The van der Waals surface area contributed by atoms with Gasteiger partial charge < -0.3 is 15.0 Å². The van der Waals surface area contributed by atoms with E-state index >= 15 is 0 Å². The van der Waals surface area contributed by atoms with Gasteiger partial charge in [-0.3, -0.25) is 9.78 Å². The second-order valence-electron chi connectivity index (χ2n) is 5.43. The zero-order valence-electron chi connectivity index (χ0n) is 13.2. The number of halogens is 1. The Labute approximate surface area is 147 Å². The summed E-state index contributed by atoms with van der Waals surface area (Å²) in [5.41, 5.74) is 3.17. The van der Waals surface area contributed by atoms with Crippen LogP contribution in [0, 0.1) is 0 Å². The highest BCUT2D eigenvalue weighted by Crippen LogP contribution is 2.27. The Morgan fingerprint density at radius 3 is 2.76 bits per heavy atom. The molecule has 3 aromatic heterocycles. The Morgan fingerprint density at radius 1 is 1.20 bits per heavy atom. The van der Waals surface area contributed by atoms with E-state index in [-0.39, 0.29) is 5.91 Å². The Balaban J connectivity index is 1.82. The zero-order valence-corrected chi connectivity index (χ0v) is 14.0. The minimum atomic E-state index is -0.245. The van der Waals surface area contributed by atoms with Gasteiger partial charge in [0.2, 0.25) is 5.88 Å². The summed E-state index contributed by atoms with van der Waals surface area (Å²) in [6.45, 7) is 0. The average molecular weight is 353 g/mol. The molecule has 1 amide bonds. The number of anilines is 1. The number of ether oxygens (including phenoxy) is 1. The number of nitrogens with one attached hydrogen (secondary N) is 2. The van der Waals surface area contributed by atoms with E-state index in [0.717, 1.165) is 5.52 Å². The molecule has 7 heteroatoms. The predicted molar refractivity (Wildman–Crippen MR) is 97.4 cm³/mol. The number of carbonyl (C=O) groups is 1. The van der Waals surface area contributed by atoms with Gasteiger partial charge in [-0.1, -0.05) is 11.6 Å². The third-order valence-corrected chi connectivity index (χ3v) is 4.14. The second-order valence-corrected chi connectivity index (χ2v) is 5.87. The van der Waals surface area contributed by atoms with Crippen molar-refractivity contribution >= 4 is 45.1 Å². The lowest BCUT2D eigenvalue weighted by Gasteiger charge is -2.06. The summed E-state index contributed by atoms with van der Waals surface area (Å²) in [7, 11) is 1.55. The summed E-state index contributed by atoms with van der Waals surface area (Å²) in [6, 6.07) is 10.5. The first-order chi connectivity index (χ1) is 12.2. The van der Waals surface area contributed by atoms with Crippen LogP contribution in [0.5, 0.6) is 5.88 Å². The van der Waals surface area contributed by atoms with Crippen LogP contribution in [0.1, 0.15) is 10.4 Å². The summed E-state index contributed by atoms with van der Waals surface area (Å²) >= 11 is 5.88. The Bertz CT molecular complexity index is 1090. The third-order valence-electron chi connectivity index (χ3n) is 3.88. The summed E-state index contributed by atoms with van der Waals surface area (Å²) in [6.07, 6.45) is 3.34. The van der Waals surface area contributed by atoms with Crippen LogP contribution in [-0.2, 0) is 0 Å². The summed E-state index contributed by atoms with van der Waals surface area (Å²) in [5.74, 6) is 0.220. The van der Waals surface area contributed by atoms with Gasteiger partial charge in [-0.05, 0) is 30.3 Å². The minimum Gasteiger partial charge on any atom is -0.481 e. The fraction of sp³-hybridized carbons (Fsp3) is 0.0556. The molecule has 124 valence electrons. The highest BCUT2D eigenvalue weighted by atomic mass is 35.5. The molecule has 25 heavy (non-hydrogen) atoms. The molecule has 0 atom stereocenters. The molecule has 0 saturated heterocycles. The SMILES string of the molecule is COc1ccc2ncc3[nH]cc(C(=O)Nc4ccc(Cl)cc4)c3c2n1. The molecule has 0 spiro atoms. The maximum Gasteiger partial charge on any atom is 0.257 e. The second kappa shape index (κ2) is 6.07. The minimum absolute atomic E-state index is 0.245. The number of nitrogens with zero attached hydrogens (tertiary/aromatic N) is 2. The lowest BCUT2D eigenvalue weighted by atomic mass is 10.1. The maximum atomic E-state index is 12.7. The highest BCUT2D eigenvalue weighted by molar-refractivity contribution is 6.30. The molecule has 0 radical (unpaired) electrons. The van der Waals surface area contributed by atoms with Crippen molar-refractivity contribution in [3.05, 3.63) is 59.4 Å². The van der Waals surface area contributed by atoms with E-state index < -0.39 is 0 Å². The third kappa shape index (κ3) is 2.77. The number of rotatable bonds is 3. The van der Waals surface area contributed by atoms with Crippen LogP contribution in [0.2, 0.25) is 5.02 Å². The summed E-state index contributed by atoms with van der Waals surface area (Å²) < 4.78 is 5.19. The van der Waals surface area contributed by atoms with E-state index in [1.54, 1.807) is 49.8 Å². The first kappa shape index (κ1) is 15.4. The molecule has 3 heterocycles. The number of amides is 1. The van der Waals surface area contributed by atoms with Gasteiger partial charge in [0.05, 0.1) is 29.9 Å². The van der Waals surface area contributed by atoms with Gasteiger partial charge in [-0.2, -0.15) is 0 Å². The number of fused-ring (bicyclic) bond motifs is 3. The predicted octanol–water partition coefficient (Wildman–Crippen LogP) is 4.03. The summed E-state index contributed by atoms with van der Waals surface area (Å²) in [4.78, 5) is 24.6. The topological polar surface area (TPSA) is 79.9 Å². The molecule has 6 nitrogen and oxygen atoms in total. The number of carbonyl (C=O) groups excluding carboxylic acids is 1. The van der Waals surface area contributed by atoms with Gasteiger partial charge in [0.25, 0.3) is 5.91 Å². The number of benzene rings is 1. The van der Waals surface area contributed by atoms with Crippen molar-refractivity contribution in [3.63, 3.8) is 0 Å². The number of hydrogen-bond acceptors (Lipinski definition) is 4. The van der Waals surface area contributed by atoms with Gasteiger partial charge in [0.15, 0.2) is 0 Å². The largest absolute Gasteiger partial charge is 0.481 e. The number of hydrogen-bond donors (Lipinski definition) is 2. The molecule has 0 unspecified atom stereocenters. The van der Waals surface area contributed by atoms with E-state index in [1.165, 1.54) is 0 Å². The van der Waals surface area contributed by atoms with Crippen molar-refractivity contribution in [2.75, 3.05) is 12.4 Å². The van der Waals surface area contributed by atoms with E-state index in [0.29, 0.717) is 38.6 Å². The lowest BCUT2D eigenvalue weighted by molar-refractivity contribution is 0.102. The summed E-state index contributed by atoms with van der Waals surface area (Å²) in [5, 5.41) is 4.17. The van der Waals surface area contributed by atoms with Gasteiger partial charge in [-0.25, -0.2) is 4.98 Å². The van der Waals surface area contributed by atoms with Crippen molar-refractivity contribution in [3.8, 4) is 5.88 Å². The number of H-pyrrole nitrogens is 1. The number of pyridine rings is 2. The van der Waals surface area contributed by atoms with E-state index in [9.17, 15) is 4.79 Å². The molecule has 0 saturated carbocycles. The maximum absolute atomic E-state index is 12.7. The standard InChI is InChI=1S/C18H13ClN4O2/c1-25-15-7-6-13-17(23-15)16-12(8-20-14(16)9-21-13)18(24)22-11-4-2-10(19)3-5-11/h2-9,20H,1H3,(H,22,24). The van der Waals surface area contributed by atoms with Gasteiger partial charge in [-0.15, -0.1) is 0 Å². The Morgan fingerprint density at radius 2 is 2.00 bits per heavy atom. The van der Waals surface area contributed by atoms with Crippen LogP contribution in [0.25, 0.3) is 21.9 Å². The zero-order chi connectivity index (χ0) is 17.4. The van der Waals surface area contributed by atoms with Crippen molar-refractivity contribution < 1.29 is 9.53 Å². The normalized spacial score (nSPS) is 11.0. The van der Waals surface area contributed by atoms with Crippen LogP contribution in [0.15, 0.2) is 48.8 Å². The van der Waals surface area contributed by atoms with E-state index in [4.69, 9.17) is 16.3 Å². The van der Waals surface area contributed by atoms with Crippen LogP contribution < -0.4 is 10.1 Å². The average Bonchev–Trinajstić information content (AvgIpc) is 3.08. The first-order valence-electron chi connectivity index (χ1n) is 7.53. The molecule has 0 aliphatic rings. The van der Waals surface area contributed by atoms with Crippen LogP contribution in [-0.4, -0.2) is 28.0 Å². The van der Waals surface area contributed by atoms with Crippen molar-refractivity contribution in [1.29, 1.82) is 0 Å². The van der Waals surface area contributed by atoms with Crippen molar-refractivity contribution in [2.24, 2.45) is 0 Å². The smallest absolute Gasteiger partial charge is 0.257 e. The Kier molecular flexibility index (Phi) is 3.74. The fourth-order valence-electron chi connectivity index (χ4n) is 2.68. The van der Waals surface area contributed by atoms with Gasteiger partial charge >= 0.3 is 0 Å². The van der Waals surface area contributed by atoms with E-state index in [1.807, 2.05) is 6.07 Å². The first-order valence-corrected chi connectivity index (χ1v) is 7.91. The molecule has 4 aromatic rings. The quantitative estimate of drug-likeness (QED) is 0.583. The molecular weight excluding hydrogens is 340 g/mol. The van der Waals surface area contributed by atoms with Crippen LogP contribution in [0.4, 0.5) is 5.69 Å². The molecule has 2 N–H and O–H groups in total. The van der Waals surface area contributed by atoms with Crippen LogP contribution in [0.3, 0.4) is 0 Å². The number of aromatic nitrogens is 3. The fourth-order valence-corrected chi connectivity index (χ4v) is 2.80. The molecule has 0 aliphatic carbocycles. The molecule has 0 bridgehead atoms. The Hall–Kier alpha value is -3.12. The van der Waals surface area contributed by atoms with Gasteiger partial charge in [0, 0.05) is 28.4 Å². The van der Waals surface area contributed by atoms with Gasteiger partial charge in [0.1, 0.15) is 5.52 Å². The van der Waals surface area contributed by atoms with Crippen molar-refractivity contribution in [1.82, 2.24) is 15.0 Å². The number of aromatic amines is 1. The monoisotopic (exact) mass is 352 g/mol.